The molecule has 0 aromatic carbocycles. The summed E-state index contributed by atoms with van der Waals surface area (Å²) in [4.78, 5) is 21.9. The molecule has 14 heavy (non-hydrogen) atoms. The fraction of sp³-hybridized carbons (Fsp3) is 0.600. The van der Waals surface area contributed by atoms with Crippen molar-refractivity contribution in [3.8, 4) is 11.8 Å². The van der Waals surface area contributed by atoms with E-state index in [-0.39, 0.29) is 6.61 Å². The van der Waals surface area contributed by atoms with Crippen molar-refractivity contribution in [1.82, 2.24) is 0 Å². The van der Waals surface area contributed by atoms with Gasteiger partial charge in [-0.1, -0.05) is 5.92 Å². The first kappa shape index (κ1) is 12.5. The Morgan fingerprint density at radius 3 is 2.29 bits per heavy atom. The predicted molar refractivity (Wildman–Crippen MR) is 50.3 cm³/mol. The van der Waals surface area contributed by atoms with E-state index in [1.807, 2.05) is 0 Å². The number of esters is 2. The van der Waals surface area contributed by atoms with Crippen LogP contribution < -0.4 is 0 Å². The van der Waals surface area contributed by atoms with E-state index in [0.29, 0.717) is 0 Å². The van der Waals surface area contributed by atoms with Crippen molar-refractivity contribution in [3.05, 3.63) is 0 Å². The van der Waals surface area contributed by atoms with Crippen molar-refractivity contribution < 1.29 is 19.1 Å². The zero-order chi connectivity index (χ0) is 11.2. The van der Waals surface area contributed by atoms with Gasteiger partial charge in [0.1, 0.15) is 0 Å². The molecule has 0 aliphatic carbocycles. The minimum atomic E-state index is -1.01. The Kier molecular flexibility index (Phi) is 4.71. The summed E-state index contributed by atoms with van der Waals surface area (Å²) >= 11 is 0. The van der Waals surface area contributed by atoms with Crippen LogP contribution in [0.3, 0.4) is 0 Å². The molecular weight excluding hydrogens is 184 g/mol. The summed E-state index contributed by atoms with van der Waals surface area (Å²) in [5, 5.41) is 0. The van der Waals surface area contributed by atoms with E-state index in [1.54, 1.807) is 27.7 Å². The lowest BCUT2D eigenvalue weighted by molar-refractivity contribution is -0.172. The summed E-state index contributed by atoms with van der Waals surface area (Å²) in [7, 11) is 0. The molecule has 0 saturated heterocycles. The van der Waals surface area contributed by atoms with E-state index in [1.165, 1.54) is 0 Å². The quantitative estimate of drug-likeness (QED) is 0.375. The van der Waals surface area contributed by atoms with Crippen molar-refractivity contribution in [3.63, 3.8) is 0 Å². The first-order valence-corrected chi connectivity index (χ1v) is 4.27. The highest BCUT2D eigenvalue weighted by atomic mass is 16.6. The number of ether oxygens (including phenoxy) is 2. The summed E-state index contributed by atoms with van der Waals surface area (Å²) in [5.74, 6) is 3.25. The monoisotopic (exact) mass is 198 g/mol. The highest BCUT2D eigenvalue weighted by molar-refractivity contribution is 6.29. The SMILES string of the molecule is CC#CC(C)(C)OC(=O)C(=O)OCC. The molecule has 0 aromatic heterocycles. The third kappa shape index (κ3) is 4.51. The molecule has 4 nitrogen and oxygen atoms in total. The maximum atomic E-state index is 11.1. The standard InChI is InChI=1S/C10H14O4/c1-5-7-10(3,4)14-9(12)8(11)13-6-2/h6H2,1-4H3. The van der Waals surface area contributed by atoms with Crippen molar-refractivity contribution in [1.29, 1.82) is 0 Å². The molecule has 0 amide bonds. The molecule has 0 rings (SSSR count). The topological polar surface area (TPSA) is 52.6 Å². The van der Waals surface area contributed by atoms with E-state index in [0.717, 1.165) is 0 Å². The largest absolute Gasteiger partial charge is 0.458 e. The van der Waals surface area contributed by atoms with Crippen LogP contribution in [0.25, 0.3) is 0 Å². The molecule has 0 saturated carbocycles. The average molecular weight is 198 g/mol. The highest BCUT2D eigenvalue weighted by Gasteiger charge is 2.25. The molecule has 0 fully saturated rings. The molecule has 0 aliphatic heterocycles. The Balaban J connectivity index is 4.29. The summed E-state index contributed by atoms with van der Waals surface area (Å²) in [6.07, 6.45) is 0. The number of carbonyl (C=O) groups excluding carboxylic acids is 2. The molecule has 4 heteroatoms. The third-order valence-corrected chi connectivity index (χ3v) is 1.22. The van der Waals surface area contributed by atoms with Crippen LogP contribution in [0.2, 0.25) is 0 Å². The fourth-order valence-corrected chi connectivity index (χ4v) is 0.790. The van der Waals surface area contributed by atoms with Gasteiger partial charge in [-0.2, -0.15) is 0 Å². The van der Waals surface area contributed by atoms with Gasteiger partial charge in [0.2, 0.25) is 0 Å². The molecular formula is C10H14O4. The first-order chi connectivity index (χ1) is 6.43. The molecule has 0 unspecified atom stereocenters. The van der Waals surface area contributed by atoms with Gasteiger partial charge >= 0.3 is 11.9 Å². The second-order valence-electron chi connectivity index (χ2n) is 3.00. The molecule has 0 heterocycles. The maximum absolute atomic E-state index is 11.1. The molecule has 0 aromatic rings. The minimum absolute atomic E-state index is 0.147. The lowest BCUT2D eigenvalue weighted by atomic mass is 10.1. The average Bonchev–Trinajstić information content (AvgIpc) is 2.03. The Morgan fingerprint density at radius 2 is 1.86 bits per heavy atom. The predicted octanol–water partition coefficient (Wildman–Crippen LogP) is 0.895. The van der Waals surface area contributed by atoms with Crippen LogP contribution in [0.5, 0.6) is 0 Å². The van der Waals surface area contributed by atoms with Crippen LogP contribution in [0.4, 0.5) is 0 Å². The summed E-state index contributed by atoms with van der Waals surface area (Å²) < 4.78 is 9.27. The van der Waals surface area contributed by atoms with E-state index < -0.39 is 17.5 Å². The van der Waals surface area contributed by atoms with Crippen molar-refractivity contribution >= 4 is 11.9 Å². The van der Waals surface area contributed by atoms with E-state index in [9.17, 15) is 9.59 Å². The van der Waals surface area contributed by atoms with Crippen LogP contribution >= 0.6 is 0 Å². The third-order valence-electron chi connectivity index (χ3n) is 1.22. The van der Waals surface area contributed by atoms with Gasteiger partial charge in [0.25, 0.3) is 0 Å². The van der Waals surface area contributed by atoms with Gasteiger partial charge in [-0.3, -0.25) is 0 Å². The van der Waals surface area contributed by atoms with Crippen molar-refractivity contribution in [2.75, 3.05) is 6.61 Å². The van der Waals surface area contributed by atoms with Gasteiger partial charge in [-0.25, -0.2) is 9.59 Å². The molecule has 0 atom stereocenters. The van der Waals surface area contributed by atoms with Crippen molar-refractivity contribution in [2.24, 2.45) is 0 Å². The molecule has 0 bridgehead atoms. The Bertz CT molecular complexity index is 280. The van der Waals surface area contributed by atoms with E-state index in [4.69, 9.17) is 4.74 Å². The molecule has 78 valence electrons. The van der Waals surface area contributed by atoms with Gasteiger partial charge in [0.05, 0.1) is 6.61 Å². The van der Waals surface area contributed by atoms with Gasteiger partial charge in [-0.05, 0) is 27.7 Å². The van der Waals surface area contributed by atoms with Crippen LogP contribution in [-0.4, -0.2) is 24.1 Å². The van der Waals surface area contributed by atoms with E-state index in [2.05, 4.69) is 16.6 Å². The minimum Gasteiger partial charge on any atom is -0.458 e. The molecule has 0 N–H and O–H groups in total. The van der Waals surface area contributed by atoms with Crippen LogP contribution in [0.1, 0.15) is 27.7 Å². The number of rotatable bonds is 2. The van der Waals surface area contributed by atoms with Crippen LogP contribution in [0, 0.1) is 11.8 Å². The van der Waals surface area contributed by atoms with Crippen molar-refractivity contribution in [2.45, 2.75) is 33.3 Å². The zero-order valence-corrected chi connectivity index (χ0v) is 8.84. The number of hydrogen-bond acceptors (Lipinski definition) is 4. The van der Waals surface area contributed by atoms with Crippen LogP contribution in [-0.2, 0) is 19.1 Å². The highest BCUT2D eigenvalue weighted by Crippen LogP contribution is 2.07. The van der Waals surface area contributed by atoms with Crippen LogP contribution in [0.15, 0.2) is 0 Å². The Morgan fingerprint density at radius 1 is 1.29 bits per heavy atom. The van der Waals surface area contributed by atoms with Gasteiger partial charge in [-0.15, -0.1) is 5.92 Å². The normalized spacial score (nSPS) is 9.71. The maximum Gasteiger partial charge on any atom is 0.418 e. The summed E-state index contributed by atoms with van der Waals surface area (Å²) in [6, 6.07) is 0. The molecule has 0 aliphatic rings. The van der Waals surface area contributed by atoms with Gasteiger partial charge < -0.3 is 9.47 Å². The first-order valence-electron chi connectivity index (χ1n) is 4.27. The van der Waals surface area contributed by atoms with Gasteiger partial charge in [0.15, 0.2) is 5.60 Å². The Labute approximate surface area is 83.6 Å². The molecule has 0 spiro atoms. The van der Waals surface area contributed by atoms with Gasteiger partial charge in [0, 0.05) is 0 Å². The lowest BCUT2D eigenvalue weighted by Crippen LogP contribution is -2.31. The summed E-state index contributed by atoms with van der Waals surface area (Å²) in [6.45, 7) is 6.58. The number of carbonyl (C=O) groups is 2. The second-order valence-corrected chi connectivity index (χ2v) is 3.00. The molecule has 0 radical (unpaired) electrons. The second kappa shape index (κ2) is 5.28. The summed E-state index contributed by atoms with van der Waals surface area (Å²) in [5.41, 5.74) is -0.960. The van der Waals surface area contributed by atoms with E-state index >= 15 is 0 Å². The zero-order valence-electron chi connectivity index (χ0n) is 8.84. The number of hydrogen-bond donors (Lipinski definition) is 0. The smallest absolute Gasteiger partial charge is 0.418 e. The Hall–Kier alpha value is -1.50. The lowest BCUT2D eigenvalue weighted by Gasteiger charge is -2.17. The fourth-order valence-electron chi connectivity index (χ4n) is 0.790.